The summed E-state index contributed by atoms with van der Waals surface area (Å²) in [6, 6.07) is 3.75. The van der Waals surface area contributed by atoms with Gasteiger partial charge in [0.2, 0.25) is 10.0 Å². The molecule has 0 aliphatic carbocycles. The van der Waals surface area contributed by atoms with Gasteiger partial charge in [-0.05, 0) is 43.4 Å². The summed E-state index contributed by atoms with van der Waals surface area (Å²) in [7, 11) is -3.93. The van der Waals surface area contributed by atoms with Crippen molar-refractivity contribution in [2.75, 3.05) is 19.8 Å². The van der Waals surface area contributed by atoms with E-state index in [1.165, 1.54) is 0 Å². The van der Waals surface area contributed by atoms with Gasteiger partial charge in [0.15, 0.2) is 0 Å². The van der Waals surface area contributed by atoms with Crippen molar-refractivity contribution in [2.24, 2.45) is 5.92 Å². The fourth-order valence-corrected chi connectivity index (χ4v) is 3.45. The third kappa shape index (κ3) is 4.69. The molecule has 1 aliphatic rings. The molecule has 1 saturated heterocycles. The van der Waals surface area contributed by atoms with Gasteiger partial charge in [-0.2, -0.15) is 13.2 Å². The second kappa shape index (κ2) is 6.97. The van der Waals surface area contributed by atoms with Crippen LogP contribution in [0.25, 0.3) is 0 Å². The van der Waals surface area contributed by atoms with Crippen molar-refractivity contribution in [1.29, 1.82) is 0 Å². The van der Waals surface area contributed by atoms with E-state index < -0.39 is 21.8 Å². The lowest BCUT2D eigenvalue weighted by molar-refractivity contribution is -0.137. The van der Waals surface area contributed by atoms with Crippen LogP contribution in [0, 0.1) is 5.92 Å². The third-order valence-corrected chi connectivity index (χ3v) is 5.12. The summed E-state index contributed by atoms with van der Waals surface area (Å²) in [5.41, 5.74) is -0.972. The van der Waals surface area contributed by atoms with Gasteiger partial charge in [0.1, 0.15) is 0 Å². The van der Waals surface area contributed by atoms with Crippen molar-refractivity contribution < 1.29 is 26.3 Å². The van der Waals surface area contributed by atoms with Crippen LogP contribution in [0.1, 0.15) is 24.8 Å². The Hall–Kier alpha value is -1.12. The van der Waals surface area contributed by atoms with Crippen LogP contribution in [0.5, 0.6) is 0 Å². The highest BCUT2D eigenvalue weighted by Gasteiger charge is 2.31. The van der Waals surface area contributed by atoms with Crippen LogP contribution >= 0.6 is 0 Å². The van der Waals surface area contributed by atoms with Crippen molar-refractivity contribution in [3.05, 3.63) is 29.8 Å². The van der Waals surface area contributed by atoms with Gasteiger partial charge in [-0.1, -0.05) is 6.07 Å². The number of nitrogens with one attached hydrogen (secondary N) is 1. The van der Waals surface area contributed by atoms with Crippen molar-refractivity contribution in [3.8, 4) is 0 Å². The van der Waals surface area contributed by atoms with Crippen LogP contribution in [0.2, 0.25) is 0 Å². The zero-order chi connectivity index (χ0) is 16.2. The zero-order valence-corrected chi connectivity index (χ0v) is 12.7. The molecular formula is C14H18F3NO3S. The quantitative estimate of drug-likeness (QED) is 0.899. The standard InChI is InChI=1S/C14H18F3NO3S/c15-14(16,17)12-2-1-3-13(10-12)22(19,20)18-7-4-11-5-8-21-9-6-11/h1-3,10-11,18H,4-9H2. The summed E-state index contributed by atoms with van der Waals surface area (Å²) in [6.45, 7) is 1.55. The fourth-order valence-electron chi connectivity index (χ4n) is 2.36. The van der Waals surface area contributed by atoms with Gasteiger partial charge in [0.25, 0.3) is 0 Å². The summed E-state index contributed by atoms with van der Waals surface area (Å²) in [4.78, 5) is -0.366. The number of hydrogen-bond acceptors (Lipinski definition) is 3. The molecule has 22 heavy (non-hydrogen) atoms. The average Bonchev–Trinajstić information content (AvgIpc) is 2.47. The Kier molecular flexibility index (Phi) is 5.46. The van der Waals surface area contributed by atoms with E-state index in [0.29, 0.717) is 31.6 Å². The molecule has 0 unspecified atom stereocenters. The minimum atomic E-state index is -4.56. The lowest BCUT2D eigenvalue weighted by atomic mass is 9.97. The lowest BCUT2D eigenvalue weighted by Gasteiger charge is -2.21. The predicted octanol–water partition coefficient (Wildman–Crippen LogP) is 2.80. The summed E-state index contributed by atoms with van der Waals surface area (Å²) in [5.74, 6) is 0.387. The lowest BCUT2D eigenvalue weighted by Crippen LogP contribution is -2.28. The van der Waals surface area contributed by atoms with Crippen molar-refractivity contribution >= 4 is 10.0 Å². The van der Waals surface area contributed by atoms with Crippen molar-refractivity contribution in [2.45, 2.75) is 30.3 Å². The molecule has 0 bridgehead atoms. The molecule has 1 aliphatic heterocycles. The first-order chi connectivity index (χ1) is 10.3. The Morgan fingerprint density at radius 2 is 1.91 bits per heavy atom. The van der Waals surface area contributed by atoms with E-state index in [1.54, 1.807) is 0 Å². The van der Waals surface area contributed by atoms with Gasteiger partial charge in [-0.15, -0.1) is 0 Å². The molecule has 4 nitrogen and oxygen atoms in total. The number of sulfonamides is 1. The maximum Gasteiger partial charge on any atom is 0.416 e. The Labute approximate surface area is 127 Å². The molecule has 1 fully saturated rings. The molecule has 0 aromatic heterocycles. The molecule has 1 heterocycles. The minimum Gasteiger partial charge on any atom is -0.381 e. The first kappa shape index (κ1) is 17.2. The highest BCUT2D eigenvalue weighted by Crippen LogP contribution is 2.30. The molecule has 0 spiro atoms. The highest BCUT2D eigenvalue weighted by atomic mass is 32.2. The average molecular weight is 337 g/mol. The normalized spacial score (nSPS) is 17.6. The Balaban J connectivity index is 1.98. The number of hydrogen-bond donors (Lipinski definition) is 1. The topological polar surface area (TPSA) is 55.4 Å². The number of rotatable bonds is 5. The van der Waals surface area contributed by atoms with E-state index in [0.717, 1.165) is 31.0 Å². The van der Waals surface area contributed by atoms with Crippen molar-refractivity contribution in [1.82, 2.24) is 4.72 Å². The van der Waals surface area contributed by atoms with Gasteiger partial charge in [0, 0.05) is 19.8 Å². The third-order valence-electron chi connectivity index (χ3n) is 3.66. The molecule has 0 radical (unpaired) electrons. The van der Waals surface area contributed by atoms with E-state index in [2.05, 4.69) is 4.72 Å². The van der Waals surface area contributed by atoms with Gasteiger partial charge < -0.3 is 4.74 Å². The summed E-state index contributed by atoms with van der Waals surface area (Å²) in [5, 5.41) is 0. The molecule has 1 aromatic carbocycles. The van der Waals surface area contributed by atoms with Gasteiger partial charge in [-0.25, -0.2) is 13.1 Å². The van der Waals surface area contributed by atoms with E-state index in [9.17, 15) is 21.6 Å². The maximum absolute atomic E-state index is 12.6. The molecule has 8 heteroatoms. The smallest absolute Gasteiger partial charge is 0.381 e. The zero-order valence-electron chi connectivity index (χ0n) is 11.9. The van der Waals surface area contributed by atoms with Crippen LogP contribution in [0.15, 0.2) is 29.2 Å². The second-order valence-corrected chi connectivity index (χ2v) is 7.03. The molecule has 0 amide bonds. The van der Waals surface area contributed by atoms with Gasteiger partial charge in [0.05, 0.1) is 10.5 Å². The Morgan fingerprint density at radius 3 is 2.55 bits per heavy atom. The molecule has 0 atom stereocenters. The van der Waals surface area contributed by atoms with E-state index >= 15 is 0 Å². The van der Waals surface area contributed by atoms with E-state index in [-0.39, 0.29) is 11.4 Å². The predicted molar refractivity (Wildman–Crippen MR) is 74.8 cm³/mol. The minimum absolute atomic E-state index is 0.212. The molecule has 124 valence electrons. The maximum atomic E-state index is 12.6. The summed E-state index contributed by atoms with van der Waals surface area (Å²) in [6.07, 6.45) is -2.15. The van der Waals surface area contributed by atoms with Gasteiger partial charge >= 0.3 is 6.18 Å². The molecule has 1 aromatic rings. The molecule has 0 saturated carbocycles. The van der Waals surface area contributed by atoms with Crippen LogP contribution in [-0.4, -0.2) is 28.2 Å². The number of halogens is 3. The number of alkyl halides is 3. The molecule has 1 N–H and O–H groups in total. The van der Waals surface area contributed by atoms with Crippen molar-refractivity contribution in [3.63, 3.8) is 0 Å². The van der Waals surface area contributed by atoms with Crippen LogP contribution in [-0.2, 0) is 20.9 Å². The largest absolute Gasteiger partial charge is 0.416 e. The highest BCUT2D eigenvalue weighted by molar-refractivity contribution is 7.89. The Morgan fingerprint density at radius 1 is 1.23 bits per heavy atom. The Bertz CT molecular complexity index is 596. The summed E-state index contributed by atoms with van der Waals surface area (Å²) >= 11 is 0. The first-order valence-electron chi connectivity index (χ1n) is 7.04. The number of benzene rings is 1. The molecule has 2 rings (SSSR count). The monoisotopic (exact) mass is 337 g/mol. The van der Waals surface area contributed by atoms with Crippen LogP contribution in [0.4, 0.5) is 13.2 Å². The summed E-state index contributed by atoms with van der Waals surface area (Å²) < 4.78 is 69.6. The second-order valence-electron chi connectivity index (χ2n) is 5.27. The van der Waals surface area contributed by atoms with Gasteiger partial charge in [-0.3, -0.25) is 0 Å². The van der Waals surface area contributed by atoms with E-state index in [1.807, 2.05) is 0 Å². The van der Waals surface area contributed by atoms with E-state index in [4.69, 9.17) is 4.74 Å². The first-order valence-corrected chi connectivity index (χ1v) is 8.52. The molecular weight excluding hydrogens is 319 g/mol. The van der Waals surface area contributed by atoms with Crippen LogP contribution in [0.3, 0.4) is 0 Å². The number of ether oxygens (including phenoxy) is 1. The van der Waals surface area contributed by atoms with Crippen LogP contribution < -0.4 is 4.72 Å². The SMILES string of the molecule is O=S(=O)(NCCC1CCOCC1)c1cccc(C(F)(F)F)c1. The fraction of sp³-hybridized carbons (Fsp3) is 0.571.